The van der Waals surface area contributed by atoms with Crippen LogP contribution in [-0.2, 0) is 9.53 Å². The maximum absolute atomic E-state index is 10.7. The van der Waals surface area contributed by atoms with Crippen molar-refractivity contribution < 1.29 is 14.6 Å². The first kappa shape index (κ1) is 12.5. The highest BCUT2D eigenvalue weighted by atomic mass is 16.5. The lowest BCUT2D eigenvalue weighted by atomic mass is 10.1. The number of nitrogens with zero attached hydrogens (tertiary/aromatic N) is 1. The van der Waals surface area contributed by atoms with Gasteiger partial charge in [-0.05, 0) is 19.8 Å². The highest BCUT2D eigenvalue weighted by molar-refractivity contribution is 5.69. The van der Waals surface area contributed by atoms with Gasteiger partial charge in [-0.3, -0.25) is 4.79 Å². The van der Waals surface area contributed by atoms with Crippen LogP contribution in [0.15, 0.2) is 0 Å². The molecule has 0 bridgehead atoms. The minimum absolute atomic E-state index is 0.270. The molecule has 4 nitrogen and oxygen atoms in total. The fourth-order valence-electron chi connectivity index (χ4n) is 1.96. The molecule has 0 aromatic carbocycles. The molecule has 1 aliphatic rings. The standard InChI is InChI=1S/C11H21NO3/c1-3-15-10-4-6-12(7-5-10)8-9(2)11(13)14/h9-10H,3-8H2,1-2H3,(H,13,14). The molecule has 0 amide bonds. The van der Waals surface area contributed by atoms with Crippen LogP contribution in [0.4, 0.5) is 0 Å². The van der Waals surface area contributed by atoms with Crippen LogP contribution in [0.2, 0.25) is 0 Å². The fourth-order valence-corrected chi connectivity index (χ4v) is 1.96. The Morgan fingerprint density at radius 3 is 2.60 bits per heavy atom. The number of carbonyl (C=O) groups is 1. The van der Waals surface area contributed by atoms with Gasteiger partial charge in [-0.2, -0.15) is 0 Å². The van der Waals surface area contributed by atoms with Crippen LogP contribution in [0.1, 0.15) is 26.7 Å². The minimum Gasteiger partial charge on any atom is -0.481 e. The maximum Gasteiger partial charge on any atom is 0.307 e. The Balaban J connectivity index is 2.22. The molecule has 1 rings (SSSR count). The zero-order chi connectivity index (χ0) is 11.3. The predicted octanol–water partition coefficient (Wildman–Crippen LogP) is 1.21. The summed E-state index contributed by atoms with van der Waals surface area (Å²) in [6.07, 6.45) is 2.44. The summed E-state index contributed by atoms with van der Waals surface area (Å²) < 4.78 is 5.54. The summed E-state index contributed by atoms with van der Waals surface area (Å²) >= 11 is 0. The quantitative estimate of drug-likeness (QED) is 0.749. The van der Waals surface area contributed by atoms with E-state index >= 15 is 0 Å². The molecular weight excluding hydrogens is 194 g/mol. The van der Waals surface area contributed by atoms with Gasteiger partial charge in [-0.25, -0.2) is 0 Å². The van der Waals surface area contributed by atoms with Gasteiger partial charge in [-0.15, -0.1) is 0 Å². The third-order valence-electron chi connectivity index (χ3n) is 2.89. The van der Waals surface area contributed by atoms with Crippen molar-refractivity contribution in [3.63, 3.8) is 0 Å². The van der Waals surface area contributed by atoms with Crippen LogP contribution in [0.25, 0.3) is 0 Å². The first-order chi connectivity index (χ1) is 7.13. The van der Waals surface area contributed by atoms with Crippen molar-refractivity contribution in [1.82, 2.24) is 4.90 Å². The topological polar surface area (TPSA) is 49.8 Å². The van der Waals surface area contributed by atoms with Gasteiger partial charge < -0.3 is 14.7 Å². The Morgan fingerprint density at radius 2 is 2.13 bits per heavy atom. The summed E-state index contributed by atoms with van der Waals surface area (Å²) in [5, 5.41) is 8.80. The molecule has 1 aliphatic heterocycles. The number of carboxylic acid groups (broad SMARTS) is 1. The van der Waals surface area contributed by atoms with E-state index in [-0.39, 0.29) is 5.92 Å². The molecule has 1 fully saturated rings. The molecule has 0 aromatic heterocycles. The van der Waals surface area contributed by atoms with E-state index in [0.29, 0.717) is 12.6 Å². The van der Waals surface area contributed by atoms with Crippen LogP contribution in [0.5, 0.6) is 0 Å². The van der Waals surface area contributed by atoms with Crippen molar-refractivity contribution in [2.75, 3.05) is 26.2 Å². The molecule has 1 heterocycles. The van der Waals surface area contributed by atoms with Gasteiger partial charge in [0.15, 0.2) is 0 Å². The number of hydrogen-bond acceptors (Lipinski definition) is 3. The average molecular weight is 215 g/mol. The van der Waals surface area contributed by atoms with Gasteiger partial charge >= 0.3 is 5.97 Å². The highest BCUT2D eigenvalue weighted by Gasteiger charge is 2.22. The maximum atomic E-state index is 10.7. The second-order valence-electron chi connectivity index (χ2n) is 4.19. The van der Waals surface area contributed by atoms with E-state index < -0.39 is 5.97 Å². The SMILES string of the molecule is CCOC1CCN(CC(C)C(=O)O)CC1. The van der Waals surface area contributed by atoms with Crippen LogP contribution < -0.4 is 0 Å². The number of ether oxygens (including phenoxy) is 1. The summed E-state index contributed by atoms with van der Waals surface area (Å²) in [7, 11) is 0. The number of likely N-dealkylation sites (tertiary alicyclic amines) is 1. The van der Waals surface area contributed by atoms with E-state index in [9.17, 15) is 4.79 Å². The Hall–Kier alpha value is -0.610. The molecule has 1 atom stereocenters. The summed E-state index contributed by atoms with van der Waals surface area (Å²) in [4.78, 5) is 12.9. The molecule has 0 saturated carbocycles. The summed E-state index contributed by atoms with van der Waals surface area (Å²) in [5.41, 5.74) is 0. The first-order valence-electron chi connectivity index (χ1n) is 5.70. The first-order valence-corrected chi connectivity index (χ1v) is 5.70. The molecule has 1 N–H and O–H groups in total. The Labute approximate surface area is 91.2 Å². The number of piperidine rings is 1. The number of rotatable bonds is 5. The lowest BCUT2D eigenvalue weighted by molar-refractivity contribution is -0.141. The number of carboxylic acids is 1. The van der Waals surface area contributed by atoms with Crippen molar-refractivity contribution in [3.8, 4) is 0 Å². The van der Waals surface area contributed by atoms with Crippen LogP contribution >= 0.6 is 0 Å². The van der Waals surface area contributed by atoms with Crippen molar-refractivity contribution >= 4 is 5.97 Å². The molecule has 0 spiro atoms. The van der Waals surface area contributed by atoms with Crippen molar-refractivity contribution in [1.29, 1.82) is 0 Å². The van der Waals surface area contributed by atoms with Gasteiger partial charge in [0, 0.05) is 26.2 Å². The van der Waals surface area contributed by atoms with Crippen LogP contribution in [0, 0.1) is 5.92 Å². The zero-order valence-electron chi connectivity index (χ0n) is 9.61. The highest BCUT2D eigenvalue weighted by Crippen LogP contribution is 2.14. The minimum atomic E-state index is -0.707. The molecule has 0 radical (unpaired) electrons. The largest absolute Gasteiger partial charge is 0.481 e. The van der Waals surface area contributed by atoms with Gasteiger partial charge in [-0.1, -0.05) is 6.92 Å². The lowest BCUT2D eigenvalue weighted by Crippen LogP contribution is -2.40. The molecular formula is C11H21NO3. The second kappa shape index (κ2) is 6.08. The van der Waals surface area contributed by atoms with E-state index in [1.165, 1.54) is 0 Å². The molecule has 0 aromatic rings. The molecule has 88 valence electrons. The van der Waals surface area contributed by atoms with E-state index in [1.807, 2.05) is 6.92 Å². The monoisotopic (exact) mass is 215 g/mol. The molecule has 4 heteroatoms. The summed E-state index contributed by atoms with van der Waals surface area (Å²) in [6, 6.07) is 0. The number of aliphatic carboxylic acids is 1. The van der Waals surface area contributed by atoms with E-state index in [4.69, 9.17) is 9.84 Å². The third-order valence-corrected chi connectivity index (χ3v) is 2.89. The Kier molecular flexibility index (Phi) is 5.05. The number of hydrogen-bond donors (Lipinski definition) is 1. The fraction of sp³-hybridized carbons (Fsp3) is 0.909. The van der Waals surface area contributed by atoms with E-state index in [1.54, 1.807) is 6.92 Å². The van der Waals surface area contributed by atoms with Gasteiger partial charge in [0.1, 0.15) is 0 Å². The zero-order valence-corrected chi connectivity index (χ0v) is 9.61. The summed E-state index contributed by atoms with van der Waals surface area (Å²) in [5.74, 6) is -0.976. The smallest absolute Gasteiger partial charge is 0.307 e. The molecule has 1 saturated heterocycles. The second-order valence-corrected chi connectivity index (χ2v) is 4.19. The average Bonchev–Trinajstić information content (AvgIpc) is 2.21. The normalized spacial score (nSPS) is 21.5. The Bertz CT molecular complexity index is 200. The third kappa shape index (κ3) is 4.18. The predicted molar refractivity (Wildman–Crippen MR) is 57.9 cm³/mol. The van der Waals surface area contributed by atoms with Crippen molar-refractivity contribution in [2.24, 2.45) is 5.92 Å². The van der Waals surface area contributed by atoms with Crippen LogP contribution in [-0.4, -0.2) is 48.3 Å². The van der Waals surface area contributed by atoms with Crippen LogP contribution in [0.3, 0.4) is 0 Å². The molecule has 1 unspecified atom stereocenters. The Morgan fingerprint density at radius 1 is 1.53 bits per heavy atom. The van der Waals surface area contributed by atoms with Gasteiger partial charge in [0.05, 0.1) is 12.0 Å². The van der Waals surface area contributed by atoms with Crippen molar-refractivity contribution in [2.45, 2.75) is 32.8 Å². The van der Waals surface area contributed by atoms with Crippen molar-refractivity contribution in [3.05, 3.63) is 0 Å². The van der Waals surface area contributed by atoms with E-state index in [0.717, 1.165) is 32.5 Å². The van der Waals surface area contributed by atoms with Gasteiger partial charge in [0.2, 0.25) is 0 Å². The molecule has 15 heavy (non-hydrogen) atoms. The molecule has 0 aliphatic carbocycles. The lowest BCUT2D eigenvalue weighted by Gasteiger charge is -2.32. The van der Waals surface area contributed by atoms with E-state index in [2.05, 4.69) is 4.90 Å². The van der Waals surface area contributed by atoms with Gasteiger partial charge in [0.25, 0.3) is 0 Å². The summed E-state index contributed by atoms with van der Waals surface area (Å²) in [6.45, 7) is 7.13.